The quantitative estimate of drug-likeness (QED) is 0.129. The van der Waals surface area contributed by atoms with Crippen molar-refractivity contribution in [3.8, 4) is 5.75 Å². The maximum atomic E-state index is 13.8. The Balaban J connectivity index is 0.00000506. The molecule has 0 spiro atoms. The Kier molecular flexibility index (Phi) is 12.4. The lowest BCUT2D eigenvalue weighted by Crippen LogP contribution is -3.15. The molecule has 4 N–H and O–H groups in total. The van der Waals surface area contributed by atoms with E-state index in [0.717, 1.165) is 29.7 Å². The van der Waals surface area contributed by atoms with Crippen molar-refractivity contribution in [1.82, 2.24) is 10.6 Å². The number of amides is 2. The van der Waals surface area contributed by atoms with Crippen LogP contribution < -0.4 is 20.3 Å². The summed E-state index contributed by atoms with van der Waals surface area (Å²) in [6.45, 7) is 6.39. The summed E-state index contributed by atoms with van der Waals surface area (Å²) in [6, 6.07) is 4.89. The zero-order chi connectivity index (χ0) is 30.3. The van der Waals surface area contributed by atoms with E-state index in [1.165, 1.54) is 7.11 Å². The molecule has 1 aromatic rings. The van der Waals surface area contributed by atoms with Gasteiger partial charge in [0.15, 0.2) is 18.1 Å². The number of Topliss-reactive ketones (excluding diaryl/α,β-unsaturated/α-hetero) is 2. The van der Waals surface area contributed by atoms with Crippen LogP contribution in [-0.4, -0.2) is 92.7 Å². The third-order valence-corrected chi connectivity index (χ3v) is 8.40. The number of ether oxygens (including phenoxy) is 3. The van der Waals surface area contributed by atoms with Crippen LogP contribution in [0, 0.1) is 13.3 Å². The SMILES string of the molecule is COc1ccc([C@@H](O)[C@H](CC(=O)[C@H](C)NC(=O)C[NH+]2CCOCC2)C(=O)N[C@@H](CC2=CCCC2)C(=O)[C@@]2(C)CO2)cc1.[CH3-]. The van der Waals surface area contributed by atoms with Crippen molar-refractivity contribution in [2.75, 3.05) is 46.6 Å². The Labute approximate surface area is 254 Å². The Morgan fingerprint density at radius 2 is 1.79 bits per heavy atom. The lowest BCUT2D eigenvalue weighted by molar-refractivity contribution is -0.900. The molecule has 2 saturated heterocycles. The standard InChI is InChI=1S/C31H43N3O8.CH3/c1-20(32-27(36)18-34-12-14-41-15-13-34)26(35)17-24(28(37)22-8-10-23(40-3)11-9-22)30(39)33-25(16-21-6-4-5-7-21)29(38)31(2)19-42-31;/h6,8-11,20,24-25,28,37H,4-5,7,12-19H2,1-3H3,(H,32,36)(H,33,39);1H3/q;-1/p+1/t20-,24-,25-,28+,31+;/m0./s1. The van der Waals surface area contributed by atoms with E-state index in [-0.39, 0.29) is 38.7 Å². The van der Waals surface area contributed by atoms with Crippen molar-refractivity contribution in [2.24, 2.45) is 5.92 Å². The zero-order valence-electron chi connectivity index (χ0n) is 25.8. The first kappa shape index (κ1) is 34.4. The molecule has 238 valence electrons. The summed E-state index contributed by atoms with van der Waals surface area (Å²) in [5.74, 6) is -2.11. The molecular weight excluding hydrogens is 554 g/mol. The number of nitrogens with one attached hydrogen (secondary N) is 3. The third-order valence-electron chi connectivity index (χ3n) is 8.40. The Morgan fingerprint density at radius 3 is 2.37 bits per heavy atom. The number of allylic oxidation sites excluding steroid dienone is 1. The molecule has 0 unspecified atom stereocenters. The van der Waals surface area contributed by atoms with Crippen molar-refractivity contribution in [3.63, 3.8) is 0 Å². The fourth-order valence-corrected chi connectivity index (χ4v) is 5.50. The molecule has 0 bridgehead atoms. The first-order chi connectivity index (χ1) is 20.1. The normalized spacial score (nSPS) is 22.7. The number of quaternary nitrogens is 1. The van der Waals surface area contributed by atoms with Crippen LogP contribution in [-0.2, 0) is 28.7 Å². The number of hydrogen-bond donors (Lipinski definition) is 4. The molecule has 2 heterocycles. The van der Waals surface area contributed by atoms with Crippen LogP contribution in [0.4, 0.5) is 0 Å². The second-order valence-corrected chi connectivity index (χ2v) is 11.7. The molecule has 1 aromatic carbocycles. The number of rotatable bonds is 15. The summed E-state index contributed by atoms with van der Waals surface area (Å²) < 4.78 is 15.9. The van der Waals surface area contributed by atoms with Gasteiger partial charge in [-0.3, -0.25) is 19.2 Å². The molecule has 0 aromatic heterocycles. The second kappa shape index (κ2) is 15.6. The first-order valence-corrected chi connectivity index (χ1v) is 14.8. The van der Waals surface area contributed by atoms with Gasteiger partial charge in [-0.05, 0) is 57.2 Å². The van der Waals surface area contributed by atoms with Gasteiger partial charge in [0.05, 0.1) is 51.0 Å². The molecule has 2 aliphatic heterocycles. The topological polar surface area (TPSA) is 148 Å². The van der Waals surface area contributed by atoms with Gasteiger partial charge in [-0.25, -0.2) is 0 Å². The number of aliphatic hydroxyl groups is 1. The molecule has 2 fully saturated rings. The van der Waals surface area contributed by atoms with Crippen molar-refractivity contribution >= 4 is 23.4 Å². The summed E-state index contributed by atoms with van der Waals surface area (Å²) in [5, 5.41) is 17.0. The minimum atomic E-state index is -1.34. The highest BCUT2D eigenvalue weighted by Crippen LogP contribution is 2.32. The molecule has 1 aliphatic carbocycles. The summed E-state index contributed by atoms with van der Waals surface area (Å²) in [4.78, 5) is 54.2. The number of hydrogen-bond acceptors (Lipinski definition) is 8. The Morgan fingerprint density at radius 1 is 1.12 bits per heavy atom. The maximum Gasteiger partial charge on any atom is 0.275 e. The predicted molar refractivity (Wildman–Crippen MR) is 159 cm³/mol. The number of methoxy groups -OCH3 is 1. The van der Waals surface area contributed by atoms with Gasteiger partial charge in [-0.2, -0.15) is 0 Å². The Bertz CT molecular complexity index is 1160. The molecule has 4 rings (SSSR count). The molecule has 11 nitrogen and oxygen atoms in total. The van der Waals surface area contributed by atoms with Gasteiger partial charge in [0.25, 0.3) is 5.91 Å². The summed E-state index contributed by atoms with van der Waals surface area (Å²) in [7, 11) is 1.53. The molecule has 3 aliphatic rings. The van der Waals surface area contributed by atoms with Crippen LogP contribution in [0.25, 0.3) is 0 Å². The number of benzene rings is 1. The van der Waals surface area contributed by atoms with Gasteiger partial charge >= 0.3 is 0 Å². The maximum absolute atomic E-state index is 13.8. The number of carbonyl (C=O) groups excluding carboxylic acids is 4. The van der Waals surface area contributed by atoms with Crippen LogP contribution in [0.5, 0.6) is 5.75 Å². The van der Waals surface area contributed by atoms with E-state index in [9.17, 15) is 24.3 Å². The van der Waals surface area contributed by atoms with Crippen LogP contribution in [0.3, 0.4) is 0 Å². The van der Waals surface area contributed by atoms with E-state index < -0.39 is 41.4 Å². The monoisotopic (exact) mass is 601 g/mol. The number of morpholine rings is 1. The van der Waals surface area contributed by atoms with E-state index >= 15 is 0 Å². The minimum absolute atomic E-state index is 0. The third kappa shape index (κ3) is 9.43. The second-order valence-electron chi connectivity index (χ2n) is 11.7. The number of aliphatic hydroxyl groups excluding tert-OH is 1. The molecule has 5 atom stereocenters. The average Bonchev–Trinajstić information content (AvgIpc) is 3.53. The van der Waals surface area contributed by atoms with E-state index in [1.54, 1.807) is 38.1 Å². The minimum Gasteiger partial charge on any atom is -0.497 e. The van der Waals surface area contributed by atoms with Crippen molar-refractivity contribution in [1.29, 1.82) is 0 Å². The predicted octanol–water partition coefficient (Wildman–Crippen LogP) is 0.517. The lowest BCUT2D eigenvalue weighted by atomic mass is 9.87. The molecule has 43 heavy (non-hydrogen) atoms. The van der Waals surface area contributed by atoms with Gasteiger partial charge in [0, 0.05) is 6.42 Å². The van der Waals surface area contributed by atoms with Gasteiger partial charge in [-0.1, -0.05) is 23.8 Å². The van der Waals surface area contributed by atoms with Crippen LogP contribution in [0.1, 0.15) is 57.6 Å². The van der Waals surface area contributed by atoms with Gasteiger partial charge in [0.1, 0.15) is 24.4 Å². The van der Waals surface area contributed by atoms with Crippen molar-refractivity contribution in [3.05, 3.63) is 48.9 Å². The highest BCUT2D eigenvalue weighted by molar-refractivity contribution is 5.98. The van der Waals surface area contributed by atoms with Gasteiger partial charge in [-0.15, -0.1) is 0 Å². The van der Waals surface area contributed by atoms with E-state index in [4.69, 9.17) is 14.2 Å². The molecule has 0 radical (unpaired) electrons. The highest BCUT2D eigenvalue weighted by atomic mass is 16.6. The van der Waals surface area contributed by atoms with Crippen molar-refractivity contribution < 1.29 is 43.4 Å². The smallest absolute Gasteiger partial charge is 0.275 e. The van der Waals surface area contributed by atoms with E-state index in [1.807, 2.05) is 0 Å². The van der Waals surface area contributed by atoms with Gasteiger partial charge < -0.3 is 42.3 Å². The van der Waals surface area contributed by atoms with Crippen LogP contribution in [0.15, 0.2) is 35.9 Å². The molecule has 0 saturated carbocycles. The highest BCUT2D eigenvalue weighted by Gasteiger charge is 2.50. The Hall–Kier alpha value is -3.12. The fourth-order valence-electron chi connectivity index (χ4n) is 5.50. The van der Waals surface area contributed by atoms with Gasteiger partial charge in [0.2, 0.25) is 5.91 Å². The van der Waals surface area contributed by atoms with Crippen molar-refractivity contribution in [2.45, 2.75) is 69.7 Å². The van der Waals surface area contributed by atoms with E-state index in [2.05, 4.69) is 16.7 Å². The number of carbonyl (C=O) groups is 4. The first-order valence-electron chi connectivity index (χ1n) is 14.8. The van der Waals surface area contributed by atoms with Crippen LogP contribution in [0.2, 0.25) is 0 Å². The molecule has 2 amide bonds. The summed E-state index contributed by atoms with van der Waals surface area (Å²) in [6.07, 6.45) is 3.58. The largest absolute Gasteiger partial charge is 0.497 e. The number of epoxide rings is 1. The fraction of sp³-hybridized carbons (Fsp3) is 0.594. The molecule has 11 heteroatoms. The average molecular weight is 602 g/mol. The number of ketones is 2. The summed E-state index contributed by atoms with van der Waals surface area (Å²) in [5.41, 5.74) is 0.577. The zero-order valence-corrected chi connectivity index (χ0v) is 25.8. The summed E-state index contributed by atoms with van der Waals surface area (Å²) >= 11 is 0. The van der Waals surface area contributed by atoms with Crippen LogP contribution >= 0.6 is 0 Å². The molecular formula is C32H47N3O8. The van der Waals surface area contributed by atoms with E-state index in [0.29, 0.717) is 44.0 Å². The lowest BCUT2D eigenvalue weighted by Gasteiger charge is -2.27.